The van der Waals surface area contributed by atoms with E-state index in [0.717, 1.165) is 0 Å². The SMILES string of the molecule is CC(C)SC(CC(=O)O)C(=O)NCCOCCOCCOCCOCCOCCOCCOCCOCCC(=O)C(C)C. The highest BCUT2D eigenvalue weighted by Crippen LogP contribution is 2.20. The number of aliphatic carboxylic acids is 1. The fourth-order valence-corrected chi connectivity index (χ4v) is 4.26. The molecule has 0 fully saturated rings. The number of ketones is 1. The van der Waals surface area contributed by atoms with Gasteiger partial charge in [0.15, 0.2) is 0 Å². The van der Waals surface area contributed by atoms with Gasteiger partial charge in [-0.15, -0.1) is 11.8 Å². The number of ether oxygens (including phenoxy) is 8. The summed E-state index contributed by atoms with van der Waals surface area (Å²) in [6.07, 6.45) is 0.240. The van der Waals surface area contributed by atoms with Crippen LogP contribution in [0.1, 0.15) is 40.5 Å². The van der Waals surface area contributed by atoms with E-state index in [1.807, 2.05) is 27.7 Å². The van der Waals surface area contributed by atoms with Gasteiger partial charge in [0.2, 0.25) is 5.91 Å². The van der Waals surface area contributed by atoms with Crippen molar-refractivity contribution in [3.8, 4) is 0 Å². The number of carbonyl (C=O) groups excluding carboxylic acids is 2. The van der Waals surface area contributed by atoms with Crippen LogP contribution in [0.4, 0.5) is 0 Å². The molecular weight excluding hydrogens is 586 g/mol. The fourth-order valence-electron chi connectivity index (χ4n) is 3.15. The third-order valence-corrected chi connectivity index (χ3v) is 6.63. The number of carboxylic acid groups (broad SMARTS) is 1. The zero-order chi connectivity index (χ0) is 32.0. The molecule has 0 aromatic heterocycles. The molecule has 0 aromatic rings. The van der Waals surface area contributed by atoms with Gasteiger partial charge >= 0.3 is 5.97 Å². The van der Waals surface area contributed by atoms with Gasteiger partial charge in [-0.25, -0.2) is 0 Å². The van der Waals surface area contributed by atoms with Crippen molar-refractivity contribution >= 4 is 29.4 Å². The predicted molar refractivity (Wildman–Crippen MR) is 163 cm³/mol. The van der Waals surface area contributed by atoms with Crippen molar-refractivity contribution in [1.82, 2.24) is 5.32 Å². The van der Waals surface area contributed by atoms with E-state index in [4.69, 9.17) is 43.0 Å². The number of rotatable bonds is 33. The molecule has 0 saturated carbocycles. The van der Waals surface area contributed by atoms with Crippen molar-refractivity contribution in [2.45, 2.75) is 51.0 Å². The first-order valence-electron chi connectivity index (χ1n) is 15.0. The van der Waals surface area contributed by atoms with Gasteiger partial charge in [-0.3, -0.25) is 14.4 Å². The van der Waals surface area contributed by atoms with Gasteiger partial charge in [0.25, 0.3) is 0 Å². The van der Waals surface area contributed by atoms with E-state index in [1.54, 1.807) is 0 Å². The number of Topliss-reactive ketones (excluding diaryl/α,β-unsaturated/α-hetero) is 1. The second-order valence-electron chi connectivity index (χ2n) is 9.83. The topological polar surface area (TPSA) is 157 Å². The van der Waals surface area contributed by atoms with Gasteiger partial charge in [0.1, 0.15) is 5.78 Å². The zero-order valence-corrected chi connectivity index (χ0v) is 27.3. The standard InChI is InChI=1S/C29H55NO12S/c1-24(2)26(31)5-7-35-9-11-37-13-15-39-17-19-41-21-22-42-20-18-40-16-14-38-12-10-36-8-6-30-29(34)27(23-28(32)33)43-25(3)4/h24-25,27H,5-23H2,1-4H3,(H,30,34)(H,32,33). The molecule has 0 saturated heterocycles. The first-order valence-corrected chi connectivity index (χ1v) is 16.0. The molecule has 2 N–H and O–H groups in total. The highest BCUT2D eigenvalue weighted by atomic mass is 32.2. The molecule has 1 amide bonds. The van der Waals surface area contributed by atoms with Crippen LogP contribution in [-0.2, 0) is 52.3 Å². The Labute approximate surface area is 261 Å². The maximum Gasteiger partial charge on any atom is 0.305 e. The van der Waals surface area contributed by atoms with Crippen LogP contribution in [0.25, 0.3) is 0 Å². The highest BCUT2D eigenvalue weighted by molar-refractivity contribution is 8.01. The van der Waals surface area contributed by atoms with Crippen molar-refractivity contribution < 1.29 is 57.4 Å². The van der Waals surface area contributed by atoms with E-state index in [1.165, 1.54) is 11.8 Å². The smallest absolute Gasteiger partial charge is 0.305 e. The Morgan fingerprint density at radius 2 is 0.930 bits per heavy atom. The minimum absolute atomic E-state index is 0.0517. The van der Waals surface area contributed by atoms with Crippen LogP contribution >= 0.6 is 11.8 Å². The number of hydrogen-bond donors (Lipinski definition) is 2. The molecule has 0 aliphatic rings. The van der Waals surface area contributed by atoms with E-state index >= 15 is 0 Å². The minimum atomic E-state index is -0.993. The van der Waals surface area contributed by atoms with Crippen molar-refractivity contribution in [1.29, 1.82) is 0 Å². The van der Waals surface area contributed by atoms with E-state index in [-0.39, 0.29) is 29.3 Å². The van der Waals surface area contributed by atoms with Gasteiger partial charge < -0.3 is 48.3 Å². The van der Waals surface area contributed by atoms with E-state index in [2.05, 4.69) is 5.32 Å². The number of carboxylic acids is 1. The normalized spacial score (nSPS) is 12.2. The molecule has 1 unspecified atom stereocenters. The summed E-state index contributed by atoms with van der Waals surface area (Å²) in [5.41, 5.74) is 0. The molecule has 1 atom stereocenters. The van der Waals surface area contributed by atoms with Crippen LogP contribution in [-0.4, -0.2) is 146 Å². The number of nitrogens with one attached hydrogen (secondary N) is 1. The Bertz CT molecular complexity index is 684. The lowest BCUT2D eigenvalue weighted by Crippen LogP contribution is -2.37. The Kier molecular flexibility index (Phi) is 29.7. The number of carbonyl (C=O) groups is 3. The van der Waals surface area contributed by atoms with Gasteiger partial charge in [-0.2, -0.15) is 0 Å². The molecule has 0 aliphatic heterocycles. The maximum absolute atomic E-state index is 12.2. The lowest BCUT2D eigenvalue weighted by Gasteiger charge is -2.16. The summed E-state index contributed by atoms with van der Waals surface area (Å²) < 4.78 is 43.4. The Hall–Kier alpha value is -1.36. The molecule has 0 aliphatic carbocycles. The summed E-state index contributed by atoms with van der Waals surface area (Å²) >= 11 is 1.34. The molecule has 0 bridgehead atoms. The van der Waals surface area contributed by atoms with E-state index in [0.29, 0.717) is 119 Å². The first kappa shape index (κ1) is 41.6. The average Bonchev–Trinajstić information content (AvgIpc) is 2.95. The summed E-state index contributed by atoms with van der Waals surface area (Å²) in [4.78, 5) is 34.6. The lowest BCUT2D eigenvalue weighted by molar-refractivity contribution is -0.138. The third kappa shape index (κ3) is 30.4. The van der Waals surface area contributed by atoms with Gasteiger partial charge in [0, 0.05) is 18.9 Å². The largest absolute Gasteiger partial charge is 0.481 e. The quantitative estimate of drug-likeness (QED) is 0.100. The fraction of sp³-hybridized carbons (Fsp3) is 0.897. The Balaban J connectivity index is 3.28. The molecule has 0 radical (unpaired) electrons. The average molecular weight is 642 g/mol. The number of hydrogen-bond acceptors (Lipinski definition) is 12. The molecule has 0 aromatic carbocycles. The monoisotopic (exact) mass is 641 g/mol. The van der Waals surface area contributed by atoms with E-state index in [9.17, 15) is 14.4 Å². The Morgan fingerprint density at radius 3 is 1.26 bits per heavy atom. The van der Waals surface area contributed by atoms with E-state index < -0.39 is 11.2 Å². The predicted octanol–water partition coefficient (Wildman–Crippen LogP) is 1.84. The molecule has 13 nitrogen and oxygen atoms in total. The molecule has 14 heteroatoms. The second kappa shape index (κ2) is 30.7. The van der Waals surface area contributed by atoms with Crippen LogP contribution in [0.15, 0.2) is 0 Å². The molecule has 254 valence electrons. The van der Waals surface area contributed by atoms with Crippen molar-refractivity contribution in [2.75, 3.05) is 112 Å². The number of amides is 1. The lowest BCUT2D eigenvalue weighted by atomic mass is 10.1. The molecule has 0 spiro atoms. The van der Waals surface area contributed by atoms with Gasteiger partial charge in [0.05, 0.1) is 117 Å². The first-order chi connectivity index (χ1) is 20.7. The molecule has 43 heavy (non-hydrogen) atoms. The maximum atomic E-state index is 12.2. The molecule has 0 rings (SSSR count). The molecule has 0 heterocycles. The summed E-state index contributed by atoms with van der Waals surface area (Å²) in [6, 6.07) is 0. The van der Waals surface area contributed by atoms with Gasteiger partial charge in [-0.1, -0.05) is 27.7 Å². The van der Waals surface area contributed by atoms with Crippen molar-refractivity contribution in [2.24, 2.45) is 5.92 Å². The Morgan fingerprint density at radius 1 is 0.581 bits per heavy atom. The second-order valence-corrected chi connectivity index (χ2v) is 11.6. The summed E-state index contributed by atoms with van der Waals surface area (Å²) in [6.45, 7) is 15.1. The van der Waals surface area contributed by atoms with Crippen LogP contribution in [0.5, 0.6) is 0 Å². The van der Waals surface area contributed by atoms with Crippen LogP contribution in [0, 0.1) is 5.92 Å². The summed E-state index contributed by atoms with van der Waals surface area (Å²) in [7, 11) is 0. The van der Waals surface area contributed by atoms with Crippen molar-refractivity contribution in [3.63, 3.8) is 0 Å². The highest BCUT2D eigenvalue weighted by Gasteiger charge is 2.23. The summed E-state index contributed by atoms with van der Waals surface area (Å²) in [5.74, 6) is -1.02. The van der Waals surface area contributed by atoms with Gasteiger partial charge in [-0.05, 0) is 5.25 Å². The number of thioether (sulfide) groups is 1. The van der Waals surface area contributed by atoms with Crippen molar-refractivity contribution in [3.05, 3.63) is 0 Å². The van der Waals surface area contributed by atoms with Crippen LogP contribution in [0.3, 0.4) is 0 Å². The summed E-state index contributed by atoms with van der Waals surface area (Å²) in [5, 5.41) is 11.2. The van der Waals surface area contributed by atoms with Crippen LogP contribution < -0.4 is 5.32 Å². The third-order valence-electron chi connectivity index (χ3n) is 5.38. The minimum Gasteiger partial charge on any atom is -0.481 e. The van der Waals surface area contributed by atoms with Crippen LogP contribution in [0.2, 0.25) is 0 Å². The molecular formula is C29H55NO12S. The zero-order valence-electron chi connectivity index (χ0n) is 26.5.